The Labute approximate surface area is 152 Å². The quantitative estimate of drug-likeness (QED) is 0.816. The average molecular weight is 358 g/mol. The number of amides is 1. The molecule has 0 spiro atoms. The van der Waals surface area contributed by atoms with Gasteiger partial charge in [0.15, 0.2) is 6.17 Å². The molecule has 1 amide bonds. The highest BCUT2D eigenvalue weighted by Gasteiger charge is 2.45. The molecule has 8 heteroatoms. The lowest BCUT2D eigenvalue weighted by Gasteiger charge is -2.38. The number of halogens is 1. The van der Waals surface area contributed by atoms with Crippen molar-refractivity contribution >= 4 is 11.7 Å². The first-order chi connectivity index (χ1) is 12.6. The first-order valence-corrected chi connectivity index (χ1v) is 9.15. The zero-order valence-corrected chi connectivity index (χ0v) is 14.7. The molecule has 4 rings (SSSR count). The Morgan fingerprint density at radius 1 is 1.35 bits per heavy atom. The molecular formula is C18H23FN6O. The third-order valence-electron chi connectivity index (χ3n) is 5.78. The van der Waals surface area contributed by atoms with Gasteiger partial charge in [-0.3, -0.25) is 15.0 Å². The van der Waals surface area contributed by atoms with E-state index in [0.29, 0.717) is 23.8 Å². The van der Waals surface area contributed by atoms with Crippen molar-refractivity contribution in [2.75, 3.05) is 31.1 Å². The third kappa shape index (κ3) is 2.91. The molecule has 3 fully saturated rings. The smallest absolute Gasteiger partial charge is 0.258 e. The molecule has 1 aromatic heterocycles. The van der Waals surface area contributed by atoms with Crippen molar-refractivity contribution in [2.24, 2.45) is 11.8 Å². The van der Waals surface area contributed by atoms with Gasteiger partial charge < -0.3 is 10.2 Å². The highest BCUT2D eigenvalue weighted by molar-refractivity contribution is 5.82. The Kier molecular flexibility index (Phi) is 4.51. The summed E-state index contributed by atoms with van der Waals surface area (Å²) in [6, 6.07) is 5.35. The molecule has 5 atom stereocenters. The normalized spacial score (nSPS) is 34.4. The van der Waals surface area contributed by atoms with Crippen LogP contribution in [0.25, 0.3) is 0 Å². The summed E-state index contributed by atoms with van der Waals surface area (Å²) in [6.45, 7) is 5.24. The third-order valence-corrected chi connectivity index (χ3v) is 5.78. The Bertz CT molecular complexity index is 723. The van der Waals surface area contributed by atoms with Crippen LogP contribution < -0.4 is 15.5 Å². The highest BCUT2D eigenvalue weighted by atomic mass is 19.1. The highest BCUT2D eigenvalue weighted by Crippen LogP contribution is 2.35. The van der Waals surface area contributed by atoms with Crippen molar-refractivity contribution in [2.45, 2.75) is 31.8 Å². The summed E-state index contributed by atoms with van der Waals surface area (Å²) in [7, 11) is 0. The molecule has 26 heavy (non-hydrogen) atoms. The van der Waals surface area contributed by atoms with Crippen molar-refractivity contribution in [3.63, 3.8) is 0 Å². The monoisotopic (exact) mass is 358 g/mol. The van der Waals surface area contributed by atoms with Crippen LogP contribution in [-0.2, 0) is 4.79 Å². The van der Waals surface area contributed by atoms with Gasteiger partial charge in [0.05, 0.1) is 11.6 Å². The molecule has 0 saturated carbocycles. The van der Waals surface area contributed by atoms with E-state index < -0.39 is 18.1 Å². The van der Waals surface area contributed by atoms with Crippen LogP contribution in [0.3, 0.4) is 0 Å². The number of nitrogens with zero attached hydrogens (tertiary/aromatic N) is 4. The number of nitrogens with one attached hydrogen (secondary N) is 2. The van der Waals surface area contributed by atoms with E-state index in [4.69, 9.17) is 0 Å². The van der Waals surface area contributed by atoms with E-state index in [2.05, 4.69) is 31.5 Å². The molecule has 3 saturated heterocycles. The van der Waals surface area contributed by atoms with Crippen LogP contribution in [0.5, 0.6) is 0 Å². The van der Waals surface area contributed by atoms with Crippen LogP contribution in [-0.4, -0.2) is 60.5 Å². The van der Waals surface area contributed by atoms with Gasteiger partial charge >= 0.3 is 0 Å². The Balaban J connectivity index is 1.41. The molecule has 2 N–H and O–H groups in total. The number of carbonyl (C=O) groups is 1. The summed E-state index contributed by atoms with van der Waals surface area (Å²) in [5.41, 5.74) is 0.602. The van der Waals surface area contributed by atoms with Crippen molar-refractivity contribution in [3.05, 3.63) is 23.9 Å². The minimum absolute atomic E-state index is 0.303. The van der Waals surface area contributed by atoms with Crippen LogP contribution in [0.2, 0.25) is 0 Å². The molecule has 4 heterocycles. The first kappa shape index (κ1) is 17.2. The molecule has 5 unspecified atom stereocenters. The second-order valence-corrected chi connectivity index (χ2v) is 7.36. The topological polar surface area (TPSA) is 84.3 Å². The number of fused-ring (bicyclic) bond motifs is 1. The number of pyridine rings is 1. The standard InChI is InChI=1S/C18H23FN6O/c1-2-14-15(19)17(26)23-18(22-14)25-9-12-7-24(8-13(12)10-25)16-11(6-20)4-3-5-21-16/h3-5,12-15,18,22H,2,7-10H2,1H3,(H,23,26). The largest absolute Gasteiger partial charge is 0.355 e. The number of likely N-dealkylation sites (tertiary alicyclic amines) is 1. The minimum atomic E-state index is -1.48. The fourth-order valence-electron chi connectivity index (χ4n) is 4.40. The SMILES string of the molecule is CCC1NC(N2CC3CN(c4ncccc4C#N)CC3C2)NC(=O)C1F. The fourth-order valence-corrected chi connectivity index (χ4v) is 4.40. The number of alkyl halides is 1. The van der Waals surface area contributed by atoms with Gasteiger partial charge in [-0.05, 0) is 30.4 Å². The maximum absolute atomic E-state index is 13.9. The van der Waals surface area contributed by atoms with E-state index in [0.717, 1.165) is 32.0 Å². The zero-order valence-electron chi connectivity index (χ0n) is 14.7. The maximum Gasteiger partial charge on any atom is 0.258 e. The molecule has 1 aromatic rings. The van der Waals surface area contributed by atoms with Crippen LogP contribution in [0.15, 0.2) is 18.3 Å². The molecule has 0 aliphatic carbocycles. The summed E-state index contributed by atoms with van der Waals surface area (Å²) in [5.74, 6) is 1.13. The molecule has 138 valence electrons. The van der Waals surface area contributed by atoms with Gasteiger partial charge in [0.2, 0.25) is 0 Å². The van der Waals surface area contributed by atoms with Gasteiger partial charge in [0.25, 0.3) is 5.91 Å². The van der Waals surface area contributed by atoms with Crippen molar-refractivity contribution in [1.82, 2.24) is 20.5 Å². The van der Waals surface area contributed by atoms with Gasteiger partial charge in [-0.25, -0.2) is 9.37 Å². The van der Waals surface area contributed by atoms with E-state index in [9.17, 15) is 14.4 Å². The average Bonchev–Trinajstić information content (AvgIpc) is 3.23. The molecule has 0 radical (unpaired) electrons. The summed E-state index contributed by atoms with van der Waals surface area (Å²) < 4.78 is 13.9. The lowest BCUT2D eigenvalue weighted by atomic mass is 10.0. The molecule has 3 aliphatic heterocycles. The maximum atomic E-state index is 13.9. The minimum Gasteiger partial charge on any atom is -0.355 e. The van der Waals surface area contributed by atoms with Crippen LogP contribution in [0, 0.1) is 23.2 Å². The van der Waals surface area contributed by atoms with Crippen LogP contribution >= 0.6 is 0 Å². The lowest BCUT2D eigenvalue weighted by molar-refractivity contribution is -0.133. The van der Waals surface area contributed by atoms with E-state index in [-0.39, 0.29) is 6.29 Å². The van der Waals surface area contributed by atoms with Crippen molar-refractivity contribution in [1.29, 1.82) is 5.26 Å². The van der Waals surface area contributed by atoms with Crippen molar-refractivity contribution < 1.29 is 9.18 Å². The van der Waals surface area contributed by atoms with Gasteiger partial charge in [-0.2, -0.15) is 5.26 Å². The summed E-state index contributed by atoms with van der Waals surface area (Å²) >= 11 is 0. The predicted octanol–water partition coefficient (Wildman–Crippen LogP) is 0.441. The second kappa shape index (κ2) is 6.82. The number of carbonyl (C=O) groups excluding carboxylic acids is 1. The summed E-state index contributed by atoms with van der Waals surface area (Å²) in [6.07, 6.45) is 0.511. The number of nitriles is 1. The second-order valence-electron chi connectivity index (χ2n) is 7.36. The molecule has 0 bridgehead atoms. The lowest BCUT2D eigenvalue weighted by Crippen LogP contribution is -2.67. The predicted molar refractivity (Wildman–Crippen MR) is 93.8 cm³/mol. The zero-order chi connectivity index (χ0) is 18.3. The van der Waals surface area contributed by atoms with Crippen LogP contribution in [0.1, 0.15) is 18.9 Å². The van der Waals surface area contributed by atoms with Crippen LogP contribution in [0.4, 0.5) is 10.2 Å². The Hall–Kier alpha value is -2.24. The number of aromatic nitrogens is 1. The Morgan fingerprint density at radius 2 is 2.08 bits per heavy atom. The fraction of sp³-hybridized carbons (Fsp3) is 0.611. The molecule has 0 aromatic carbocycles. The van der Waals surface area contributed by atoms with Gasteiger partial charge in [0, 0.05) is 32.4 Å². The van der Waals surface area contributed by atoms with Crippen molar-refractivity contribution in [3.8, 4) is 6.07 Å². The molecule has 3 aliphatic rings. The van der Waals surface area contributed by atoms with Gasteiger partial charge in [-0.15, -0.1) is 0 Å². The molecule has 7 nitrogen and oxygen atoms in total. The Morgan fingerprint density at radius 3 is 2.73 bits per heavy atom. The van der Waals surface area contributed by atoms with E-state index in [1.54, 1.807) is 18.3 Å². The summed E-state index contributed by atoms with van der Waals surface area (Å²) in [4.78, 5) is 20.7. The number of hydrogen-bond acceptors (Lipinski definition) is 6. The van der Waals surface area contributed by atoms with E-state index in [1.807, 2.05) is 6.92 Å². The van der Waals surface area contributed by atoms with Gasteiger partial charge in [0.1, 0.15) is 18.2 Å². The van der Waals surface area contributed by atoms with E-state index >= 15 is 0 Å². The number of anilines is 1. The summed E-state index contributed by atoms with van der Waals surface area (Å²) in [5, 5.41) is 15.3. The van der Waals surface area contributed by atoms with E-state index in [1.165, 1.54) is 0 Å². The number of rotatable bonds is 3. The first-order valence-electron chi connectivity index (χ1n) is 9.15. The number of hydrogen-bond donors (Lipinski definition) is 2. The van der Waals surface area contributed by atoms with Gasteiger partial charge in [-0.1, -0.05) is 6.92 Å². The molecular weight excluding hydrogens is 335 g/mol.